The molecule has 0 bridgehead atoms. The predicted octanol–water partition coefficient (Wildman–Crippen LogP) is 3.45. The third kappa shape index (κ3) is 4.64. The van der Waals surface area contributed by atoms with Gasteiger partial charge in [0.25, 0.3) is 0 Å². The summed E-state index contributed by atoms with van der Waals surface area (Å²) in [5.41, 5.74) is -3.35. The highest BCUT2D eigenvalue weighted by Crippen LogP contribution is 2.50. The molecular formula is C10H17F6NOSi. The minimum atomic E-state index is -5.32. The Kier molecular flexibility index (Phi) is 4.95. The summed E-state index contributed by atoms with van der Waals surface area (Å²) >= 11 is 0. The molecule has 9 heteroatoms. The van der Waals surface area contributed by atoms with Crippen LogP contribution in [-0.4, -0.2) is 39.9 Å². The normalized spacial score (nSPS) is 22.3. The molecule has 1 aliphatic rings. The first kappa shape index (κ1) is 16.8. The van der Waals surface area contributed by atoms with Crippen LogP contribution in [0.3, 0.4) is 0 Å². The van der Waals surface area contributed by atoms with Crippen LogP contribution in [0, 0.1) is 0 Å². The topological polar surface area (TPSA) is 21.3 Å². The average molecular weight is 309 g/mol. The van der Waals surface area contributed by atoms with Crippen molar-refractivity contribution in [3.8, 4) is 0 Å². The summed E-state index contributed by atoms with van der Waals surface area (Å²) in [5, 5.41) is 2.98. The van der Waals surface area contributed by atoms with Crippen LogP contribution < -0.4 is 5.32 Å². The Bertz CT molecular complexity index is 283. The molecule has 2 nitrogen and oxygen atoms in total. The van der Waals surface area contributed by atoms with Gasteiger partial charge < -0.3 is 9.74 Å². The van der Waals surface area contributed by atoms with Crippen LogP contribution in [0.5, 0.6) is 0 Å². The quantitative estimate of drug-likeness (QED) is 0.634. The third-order valence-electron chi connectivity index (χ3n) is 3.17. The van der Waals surface area contributed by atoms with Gasteiger partial charge in [-0.05, 0) is 32.5 Å². The molecule has 0 radical (unpaired) electrons. The van der Waals surface area contributed by atoms with E-state index >= 15 is 0 Å². The Labute approximate surface area is 108 Å². The van der Waals surface area contributed by atoms with Crippen LogP contribution in [0.2, 0.25) is 18.6 Å². The van der Waals surface area contributed by atoms with Gasteiger partial charge in [0.05, 0.1) is 0 Å². The van der Waals surface area contributed by atoms with Crippen molar-refractivity contribution in [2.45, 2.75) is 49.9 Å². The van der Waals surface area contributed by atoms with Gasteiger partial charge in [0.15, 0.2) is 5.54 Å². The van der Waals surface area contributed by atoms with Crippen molar-refractivity contribution < 1.29 is 30.8 Å². The van der Waals surface area contributed by atoms with Gasteiger partial charge in [-0.2, -0.15) is 26.3 Å². The average Bonchev–Trinajstić information content (AvgIpc) is 2.60. The lowest BCUT2D eigenvalue weighted by Crippen LogP contribution is -2.52. The molecule has 0 unspecified atom stereocenters. The number of nitrogens with one attached hydrogen (secondary N) is 1. The molecule has 0 spiro atoms. The minimum absolute atomic E-state index is 0.0954. The molecule has 1 atom stereocenters. The Hall–Kier alpha value is -0.283. The van der Waals surface area contributed by atoms with E-state index in [1.54, 1.807) is 0 Å². The summed E-state index contributed by atoms with van der Waals surface area (Å²) < 4.78 is 80.9. The van der Waals surface area contributed by atoms with E-state index in [-0.39, 0.29) is 12.6 Å². The molecule has 0 amide bonds. The van der Waals surface area contributed by atoms with Gasteiger partial charge in [-0.3, -0.25) is 0 Å². The lowest BCUT2D eigenvalue weighted by atomic mass is 10.2. The molecule has 0 aromatic rings. The molecule has 114 valence electrons. The zero-order valence-corrected chi connectivity index (χ0v) is 11.7. The standard InChI is InChI=1S/C10H17F6NOSi/c1-19(2,18-6-7-4-3-5-17-7)8(9(11,12)13)10(14,15)16/h7-8,17H,3-6H2,1-2H3/t7-/m1/s1. The number of hydrogen-bond acceptors (Lipinski definition) is 2. The summed E-state index contributed by atoms with van der Waals surface area (Å²) in [4.78, 5) is 0. The van der Waals surface area contributed by atoms with Crippen LogP contribution in [-0.2, 0) is 4.43 Å². The summed E-state index contributed by atoms with van der Waals surface area (Å²) in [7, 11) is -3.96. The molecule has 0 aliphatic carbocycles. The Balaban J connectivity index is 2.75. The zero-order chi connectivity index (χ0) is 14.9. The maximum Gasteiger partial charge on any atom is 0.400 e. The molecule has 0 saturated carbocycles. The molecule has 1 heterocycles. The fraction of sp³-hybridized carbons (Fsp3) is 1.00. The largest absolute Gasteiger partial charge is 0.415 e. The van der Waals surface area contributed by atoms with E-state index in [0.717, 1.165) is 26.1 Å². The SMILES string of the molecule is C[Si](C)(OC[C@H]1CCCN1)C(C(F)(F)F)C(F)(F)F. The first-order valence-corrected chi connectivity index (χ1v) is 8.94. The van der Waals surface area contributed by atoms with Crippen molar-refractivity contribution >= 4 is 8.32 Å². The lowest BCUT2D eigenvalue weighted by molar-refractivity contribution is -0.236. The molecule has 1 fully saturated rings. The highest BCUT2D eigenvalue weighted by atomic mass is 28.4. The van der Waals surface area contributed by atoms with Crippen molar-refractivity contribution in [3.05, 3.63) is 0 Å². The first-order valence-electron chi connectivity index (χ1n) is 5.95. The second-order valence-electron chi connectivity index (χ2n) is 5.22. The van der Waals surface area contributed by atoms with Gasteiger partial charge in [0, 0.05) is 12.6 Å². The summed E-state index contributed by atoms with van der Waals surface area (Å²) in [6.45, 7) is 2.56. The highest BCUT2D eigenvalue weighted by molar-refractivity contribution is 6.73. The molecule has 0 aromatic heterocycles. The predicted molar refractivity (Wildman–Crippen MR) is 60.3 cm³/mol. The van der Waals surface area contributed by atoms with Gasteiger partial charge in [-0.25, -0.2) is 0 Å². The van der Waals surface area contributed by atoms with E-state index in [9.17, 15) is 26.3 Å². The van der Waals surface area contributed by atoms with Crippen molar-refractivity contribution in [2.24, 2.45) is 0 Å². The number of halogens is 6. The van der Waals surface area contributed by atoms with Crippen LogP contribution in [0.1, 0.15) is 12.8 Å². The third-order valence-corrected chi connectivity index (χ3v) is 6.12. The van der Waals surface area contributed by atoms with Gasteiger partial charge in [-0.1, -0.05) is 0 Å². The fourth-order valence-electron chi connectivity index (χ4n) is 2.27. The Morgan fingerprint density at radius 1 is 1.16 bits per heavy atom. The Morgan fingerprint density at radius 2 is 1.68 bits per heavy atom. The van der Waals surface area contributed by atoms with Gasteiger partial charge in [0.2, 0.25) is 8.32 Å². The minimum Gasteiger partial charge on any atom is -0.415 e. The second-order valence-corrected chi connectivity index (χ2v) is 9.30. The molecule has 1 rings (SSSR count). The highest BCUT2D eigenvalue weighted by Gasteiger charge is 2.65. The van der Waals surface area contributed by atoms with Crippen molar-refractivity contribution in [1.29, 1.82) is 0 Å². The molecule has 1 saturated heterocycles. The van der Waals surface area contributed by atoms with E-state index in [2.05, 4.69) is 5.32 Å². The van der Waals surface area contributed by atoms with Gasteiger partial charge >= 0.3 is 12.4 Å². The monoisotopic (exact) mass is 309 g/mol. The Morgan fingerprint density at radius 3 is 2.05 bits per heavy atom. The summed E-state index contributed by atoms with van der Waals surface area (Å²) in [6, 6.07) is -0.145. The molecular weight excluding hydrogens is 292 g/mol. The van der Waals surface area contributed by atoms with E-state index < -0.39 is 26.2 Å². The number of hydrogen-bond donors (Lipinski definition) is 1. The smallest absolute Gasteiger partial charge is 0.400 e. The lowest BCUT2D eigenvalue weighted by Gasteiger charge is -2.35. The van der Waals surface area contributed by atoms with Crippen LogP contribution in [0.25, 0.3) is 0 Å². The van der Waals surface area contributed by atoms with Crippen molar-refractivity contribution in [3.63, 3.8) is 0 Å². The molecule has 19 heavy (non-hydrogen) atoms. The van der Waals surface area contributed by atoms with Crippen LogP contribution >= 0.6 is 0 Å². The summed E-state index contributed by atoms with van der Waals surface area (Å²) in [6.07, 6.45) is -9.07. The fourth-order valence-corrected chi connectivity index (χ4v) is 4.65. The second kappa shape index (κ2) is 5.61. The van der Waals surface area contributed by atoms with Crippen LogP contribution in [0.15, 0.2) is 0 Å². The molecule has 1 N–H and O–H groups in total. The molecule has 0 aromatic carbocycles. The maximum absolute atomic E-state index is 12.6. The van der Waals surface area contributed by atoms with Gasteiger partial charge in [-0.15, -0.1) is 0 Å². The maximum atomic E-state index is 12.6. The van der Waals surface area contributed by atoms with Gasteiger partial charge in [0.1, 0.15) is 0 Å². The van der Waals surface area contributed by atoms with Crippen LogP contribution in [0.4, 0.5) is 26.3 Å². The van der Waals surface area contributed by atoms with E-state index in [1.165, 1.54) is 0 Å². The summed E-state index contributed by atoms with van der Waals surface area (Å²) in [5.74, 6) is 0. The first-order chi connectivity index (χ1) is 8.44. The van der Waals surface area contributed by atoms with E-state index in [1.807, 2.05) is 0 Å². The molecule has 1 aliphatic heterocycles. The number of alkyl halides is 6. The zero-order valence-electron chi connectivity index (χ0n) is 10.7. The van der Waals surface area contributed by atoms with Crippen molar-refractivity contribution in [2.75, 3.05) is 13.2 Å². The van der Waals surface area contributed by atoms with E-state index in [4.69, 9.17) is 4.43 Å². The number of rotatable bonds is 4. The van der Waals surface area contributed by atoms with Crippen molar-refractivity contribution in [1.82, 2.24) is 5.32 Å². The van der Waals surface area contributed by atoms with E-state index in [0.29, 0.717) is 6.42 Å².